The molecule has 0 fully saturated rings. The Morgan fingerprint density at radius 3 is 2.65 bits per heavy atom. The van der Waals surface area contributed by atoms with Gasteiger partial charge in [-0.05, 0) is 26.5 Å². The molecule has 20 heavy (non-hydrogen) atoms. The van der Waals surface area contributed by atoms with Crippen LogP contribution < -0.4 is 4.72 Å². The Kier molecular flexibility index (Phi) is 6.19. The van der Waals surface area contributed by atoms with E-state index in [1.165, 1.54) is 12.3 Å². The SMILES string of the molecule is CCC(C)N(C)CCNS(=O)(=O)c1cc(CO)n(C)c1. The topological polar surface area (TPSA) is 74.6 Å². The number of nitrogens with one attached hydrogen (secondary N) is 1. The quantitative estimate of drug-likeness (QED) is 0.734. The van der Waals surface area contributed by atoms with Gasteiger partial charge in [-0.2, -0.15) is 0 Å². The van der Waals surface area contributed by atoms with E-state index >= 15 is 0 Å². The van der Waals surface area contributed by atoms with E-state index in [2.05, 4.69) is 23.5 Å². The maximum Gasteiger partial charge on any atom is 0.242 e. The summed E-state index contributed by atoms with van der Waals surface area (Å²) in [6.07, 6.45) is 2.54. The van der Waals surface area contributed by atoms with Crippen LogP contribution in [-0.2, 0) is 23.7 Å². The predicted octanol–water partition coefficient (Wildman–Crippen LogP) is 0.526. The molecule has 7 heteroatoms. The van der Waals surface area contributed by atoms with Crippen molar-refractivity contribution in [3.63, 3.8) is 0 Å². The number of hydrogen-bond donors (Lipinski definition) is 2. The number of aliphatic hydroxyl groups is 1. The number of rotatable bonds is 8. The summed E-state index contributed by atoms with van der Waals surface area (Å²) in [5, 5.41) is 9.09. The first-order chi connectivity index (χ1) is 9.31. The van der Waals surface area contributed by atoms with Crippen LogP contribution in [0, 0.1) is 0 Å². The summed E-state index contributed by atoms with van der Waals surface area (Å²) in [5.41, 5.74) is 0.571. The van der Waals surface area contributed by atoms with Crippen LogP contribution in [0.1, 0.15) is 26.0 Å². The molecule has 116 valence electrons. The molecule has 2 N–H and O–H groups in total. The first-order valence-corrected chi connectivity index (χ1v) is 8.26. The lowest BCUT2D eigenvalue weighted by molar-refractivity contribution is 0.256. The highest BCUT2D eigenvalue weighted by molar-refractivity contribution is 7.89. The van der Waals surface area contributed by atoms with E-state index in [0.717, 1.165) is 6.42 Å². The fourth-order valence-corrected chi connectivity index (χ4v) is 2.97. The van der Waals surface area contributed by atoms with E-state index in [9.17, 15) is 8.42 Å². The number of hydrogen-bond acceptors (Lipinski definition) is 4. The van der Waals surface area contributed by atoms with Gasteiger partial charge in [0, 0.05) is 38.1 Å². The molecule has 1 rings (SSSR count). The second kappa shape index (κ2) is 7.21. The van der Waals surface area contributed by atoms with Crippen LogP contribution in [0.25, 0.3) is 0 Å². The summed E-state index contributed by atoms with van der Waals surface area (Å²) in [7, 11) is 0.182. The van der Waals surface area contributed by atoms with E-state index in [4.69, 9.17) is 5.11 Å². The van der Waals surface area contributed by atoms with Crippen LogP contribution in [0.4, 0.5) is 0 Å². The highest BCUT2D eigenvalue weighted by atomic mass is 32.2. The van der Waals surface area contributed by atoms with Gasteiger partial charge >= 0.3 is 0 Å². The Morgan fingerprint density at radius 1 is 1.50 bits per heavy atom. The van der Waals surface area contributed by atoms with E-state index in [1.807, 2.05) is 7.05 Å². The molecule has 0 saturated carbocycles. The highest BCUT2D eigenvalue weighted by Crippen LogP contribution is 2.13. The number of likely N-dealkylation sites (N-methyl/N-ethyl adjacent to an activating group) is 1. The van der Waals surface area contributed by atoms with Crippen LogP contribution in [0.2, 0.25) is 0 Å². The van der Waals surface area contributed by atoms with Gasteiger partial charge < -0.3 is 14.6 Å². The van der Waals surface area contributed by atoms with Gasteiger partial charge in [0.1, 0.15) is 0 Å². The van der Waals surface area contributed by atoms with Crippen molar-refractivity contribution in [2.75, 3.05) is 20.1 Å². The predicted molar refractivity (Wildman–Crippen MR) is 78.9 cm³/mol. The van der Waals surface area contributed by atoms with Crippen LogP contribution in [0.3, 0.4) is 0 Å². The van der Waals surface area contributed by atoms with Gasteiger partial charge in [-0.15, -0.1) is 0 Å². The molecule has 1 unspecified atom stereocenters. The average Bonchev–Trinajstić information content (AvgIpc) is 2.79. The van der Waals surface area contributed by atoms with Crippen molar-refractivity contribution in [1.82, 2.24) is 14.2 Å². The summed E-state index contributed by atoms with van der Waals surface area (Å²) >= 11 is 0. The number of aliphatic hydroxyl groups excluding tert-OH is 1. The highest BCUT2D eigenvalue weighted by Gasteiger charge is 2.17. The second-order valence-corrected chi connectivity index (χ2v) is 6.84. The Bertz CT molecular complexity index is 525. The van der Waals surface area contributed by atoms with Crippen LogP contribution in [0.15, 0.2) is 17.2 Å². The minimum atomic E-state index is -3.51. The normalized spacial score (nSPS) is 13.9. The standard InChI is InChI=1S/C13H25N3O3S/c1-5-11(2)15(3)7-6-14-20(18,19)13-8-12(10-17)16(4)9-13/h8-9,11,14,17H,5-7,10H2,1-4H3. The van der Waals surface area contributed by atoms with Gasteiger partial charge in [0.2, 0.25) is 10.0 Å². The van der Waals surface area contributed by atoms with E-state index in [1.54, 1.807) is 11.6 Å². The molecule has 0 radical (unpaired) electrons. The fraction of sp³-hybridized carbons (Fsp3) is 0.692. The Morgan fingerprint density at radius 2 is 2.15 bits per heavy atom. The minimum Gasteiger partial charge on any atom is -0.390 e. The van der Waals surface area contributed by atoms with Crippen LogP contribution >= 0.6 is 0 Å². The van der Waals surface area contributed by atoms with Gasteiger partial charge in [-0.25, -0.2) is 13.1 Å². The van der Waals surface area contributed by atoms with Crippen molar-refractivity contribution in [2.45, 2.75) is 37.8 Å². The zero-order valence-corrected chi connectivity index (χ0v) is 13.4. The third-order valence-electron chi connectivity index (χ3n) is 3.65. The van der Waals surface area contributed by atoms with Crippen molar-refractivity contribution in [2.24, 2.45) is 7.05 Å². The molecule has 1 heterocycles. The molecule has 0 aliphatic carbocycles. The van der Waals surface area contributed by atoms with Crippen molar-refractivity contribution < 1.29 is 13.5 Å². The Balaban J connectivity index is 2.62. The molecule has 1 aromatic heterocycles. The molecule has 1 atom stereocenters. The number of aromatic nitrogens is 1. The largest absolute Gasteiger partial charge is 0.390 e. The van der Waals surface area contributed by atoms with Crippen molar-refractivity contribution in [1.29, 1.82) is 0 Å². The van der Waals surface area contributed by atoms with Crippen molar-refractivity contribution in [3.05, 3.63) is 18.0 Å². The second-order valence-electron chi connectivity index (χ2n) is 5.07. The molecule has 0 saturated heterocycles. The molecular formula is C13H25N3O3S. The van der Waals surface area contributed by atoms with Gasteiger partial charge in [-0.3, -0.25) is 0 Å². The summed E-state index contributed by atoms with van der Waals surface area (Å²) in [5.74, 6) is 0. The summed E-state index contributed by atoms with van der Waals surface area (Å²) in [4.78, 5) is 2.31. The molecule has 0 aliphatic rings. The first-order valence-electron chi connectivity index (χ1n) is 6.77. The van der Waals surface area contributed by atoms with Gasteiger partial charge in [0.05, 0.1) is 11.5 Å². The number of sulfonamides is 1. The monoisotopic (exact) mass is 303 g/mol. The third-order valence-corrected chi connectivity index (χ3v) is 5.08. The number of nitrogens with zero attached hydrogens (tertiary/aromatic N) is 2. The van der Waals surface area contributed by atoms with Gasteiger partial charge in [-0.1, -0.05) is 6.92 Å². The Labute approximate surface area is 121 Å². The van der Waals surface area contributed by atoms with E-state index in [0.29, 0.717) is 24.8 Å². The zero-order valence-electron chi connectivity index (χ0n) is 12.6. The molecule has 0 bridgehead atoms. The number of aryl methyl sites for hydroxylation is 1. The van der Waals surface area contributed by atoms with Crippen LogP contribution in [0.5, 0.6) is 0 Å². The molecule has 6 nitrogen and oxygen atoms in total. The minimum absolute atomic E-state index is 0.178. The fourth-order valence-electron chi connectivity index (χ4n) is 1.85. The lowest BCUT2D eigenvalue weighted by atomic mass is 10.2. The third kappa shape index (κ3) is 4.31. The van der Waals surface area contributed by atoms with Crippen molar-refractivity contribution in [3.8, 4) is 0 Å². The summed E-state index contributed by atoms with van der Waals surface area (Å²) in [6.45, 7) is 5.06. The van der Waals surface area contributed by atoms with Gasteiger partial charge in [0.15, 0.2) is 0 Å². The molecular weight excluding hydrogens is 278 g/mol. The van der Waals surface area contributed by atoms with Gasteiger partial charge in [0.25, 0.3) is 0 Å². The maximum atomic E-state index is 12.1. The molecule has 1 aromatic rings. The molecule has 0 amide bonds. The average molecular weight is 303 g/mol. The first kappa shape index (κ1) is 17.2. The Hall–Kier alpha value is -0.890. The smallest absolute Gasteiger partial charge is 0.242 e. The maximum absolute atomic E-state index is 12.1. The summed E-state index contributed by atoms with van der Waals surface area (Å²) in [6, 6.07) is 1.91. The summed E-state index contributed by atoms with van der Waals surface area (Å²) < 4.78 is 28.4. The zero-order chi connectivity index (χ0) is 15.3. The van der Waals surface area contributed by atoms with Crippen LogP contribution in [-0.4, -0.2) is 49.2 Å². The lowest BCUT2D eigenvalue weighted by Crippen LogP contribution is -2.36. The lowest BCUT2D eigenvalue weighted by Gasteiger charge is -2.23. The van der Waals surface area contributed by atoms with Crippen molar-refractivity contribution >= 4 is 10.0 Å². The van der Waals surface area contributed by atoms with E-state index < -0.39 is 10.0 Å². The molecule has 0 spiro atoms. The van der Waals surface area contributed by atoms with E-state index in [-0.39, 0.29) is 11.5 Å². The molecule has 0 aliphatic heterocycles. The molecule has 0 aromatic carbocycles.